The van der Waals surface area contributed by atoms with Gasteiger partial charge in [-0.05, 0) is 19.1 Å². The van der Waals surface area contributed by atoms with Crippen LogP contribution in [0.1, 0.15) is 11.1 Å². The molecule has 5 heteroatoms. The standard InChI is InChI=1S/C11H12N2O3/c1-7-2-4-8(5-3-7)11-12-9(6-16-11)10(14)13-15/h2-5,9,15H,6H2,1H3,(H,13,14)/t9-/m1/s1. The highest BCUT2D eigenvalue weighted by Crippen LogP contribution is 2.12. The Labute approximate surface area is 92.7 Å². The number of hydrogen-bond acceptors (Lipinski definition) is 4. The van der Waals surface area contributed by atoms with Gasteiger partial charge >= 0.3 is 0 Å². The van der Waals surface area contributed by atoms with Gasteiger partial charge in [0.15, 0.2) is 6.04 Å². The van der Waals surface area contributed by atoms with E-state index in [4.69, 9.17) is 9.94 Å². The Morgan fingerprint density at radius 1 is 1.50 bits per heavy atom. The number of carbonyl (C=O) groups excluding carboxylic acids is 1. The van der Waals surface area contributed by atoms with Crippen LogP contribution in [-0.2, 0) is 9.53 Å². The van der Waals surface area contributed by atoms with Crippen LogP contribution in [0.3, 0.4) is 0 Å². The molecule has 1 aromatic carbocycles. The van der Waals surface area contributed by atoms with Gasteiger partial charge in [0.1, 0.15) is 6.61 Å². The molecule has 0 bridgehead atoms. The van der Waals surface area contributed by atoms with Gasteiger partial charge in [-0.1, -0.05) is 17.7 Å². The molecule has 0 saturated heterocycles. The van der Waals surface area contributed by atoms with E-state index in [-0.39, 0.29) is 6.61 Å². The minimum atomic E-state index is -0.665. The molecular weight excluding hydrogens is 208 g/mol. The van der Waals surface area contributed by atoms with E-state index in [1.807, 2.05) is 31.2 Å². The van der Waals surface area contributed by atoms with Crippen LogP contribution in [-0.4, -0.2) is 29.7 Å². The van der Waals surface area contributed by atoms with Gasteiger partial charge in [-0.2, -0.15) is 0 Å². The molecule has 1 heterocycles. The summed E-state index contributed by atoms with van der Waals surface area (Å²) in [7, 11) is 0. The number of ether oxygens (including phenoxy) is 1. The number of amides is 1. The Morgan fingerprint density at radius 3 is 2.81 bits per heavy atom. The lowest BCUT2D eigenvalue weighted by atomic mass is 10.1. The monoisotopic (exact) mass is 220 g/mol. The highest BCUT2D eigenvalue weighted by Gasteiger charge is 2.25. The van der Waals surface area contributed by atoms with Crippen molar-refractivity contribution in [3.05, 3.63) is 35.4 Å². The Balaban J connectivity index is 2.17. The molecule has 0 fully saturated rings. The fraction of sp³-hybridized carbons (Fsp3) is 0.273. The van der Waals surface area contributed by atoms with Crippen LogP contribution in [0, 0.1) is 6.92 Å². The SMILES string of the molecule is Cc1ccc(C2=N[C@@H](C(=O)NO)CO2)cc1. The number of nitrogens with zero attached hydrogens (tertiary/aromatic N) is 1. The number of hydrogen-bond donors (Lipinski definition) is 2. The molecule has 5 nitrogen and oxygen atoms in total. The van der Waals surface area contributed by atoms with Crippen molar-refractivity contribution in [1.29, 1.82) is 0 Å². The summed E-state index contributed by atoms with van der Waals surface area (Å²) in [6.07, 6.45) is 0. The van der Waals surface area contributed by atoms with Gasteiger partial charge in [-0.15, -0.1) is 0 Å². The van der Waals surface area contributed by atoms with Crippen LogP contribution in [0.15, 0.2) is 29.3 Å². The largest absolute Gasteiger partial charge is 0.475 e. The van der Waals surface area contributed by atoms with E-state index < -0.39 is 11.9 Å². The highest BCUT2D eigenvalue weighted by molar-refractivity contribution is 5.98. The van der Waals surface area contributed by atoms with Gasteiger partial charge in [0.05, 0.1) is 0 Å². The third-order valence-electron chi connectivity index (χ3n) is 2.36. The minimum Gasteiger partial charge on any atom is -0.475 e. The average Bonchev–Trinajstić information content (AvgIpc) is 2.78. The molecule has 0 spiro atoms. The number of aliphatic imine (C=N–C) groups is 1. The number of aryl methyl sites for hydroxylation is 1. The van der Waals surface area contributed by atoms with Crippen molar-refractivity contribution >= 4 is 11.8 Å². The zero-order valence-electron chi connectivity index (χ0n) is 8.80. The molecule has 2 rings (SSSR count). The topological polar surface area (TPSA) is 70.9 Å². The zero-order valence-corrected chi connectivity index (χ0v) is 8.80. The van der Waals surface area contributed by atoms with Crippen LogP contribution in [0.2, 0.25) is 0 Å². The molecule has 1 aliphatic rings. The van der Waals surface area contributed by atoms with Gasteiger partial charge in [-0.25, -0.2) is 10.5 Å². The van der Waals surface area contributed by atoms with E-state index in [9.17, 15) is 4.79 Å². The Kier molecular flexibility index (Phi) is 2.87. The lowest BCUT2D eigenvalue weighted by Crippen LogP contribution is -2.31. The summed E-state index contributed by atoms with van der Waals surface area (Å²) in [6, 6.07) is 6.99. The summed E-state index contributed by atoms with van der Waals surface area (Å²) in [5, 5.41) is 8.46. The second-order valence-electron chi connectivity index (χ2n) is 3.60. The minimum absolute atomic E-state index is 0.162. The Hall–Kier alpha value is -1.88. The summed E-state index contributed by atoms with van der Waals surface area (Å²) >= 11 is 0. The summed E-state index contributed by atoms with van der Waals surface area (Å²) in [5.74, 6) is -0.115. The Morgan fingerprint density at radius 2 is 2.19 bits per heavy atom. The van der Waals surface area contributed by atoms with Crippen molar-refractivity contribution in [2.75, 3.05) is 6.61 Å². The second-order valence-corrected chi connectivity index (χ2v) is 3.60. The second kappa shape index (κ2) is 4.32. The van der Waals surface area contributed by atoms with Crippen molar-refractivity contribution in [2.45, 2.75) is 13.0 Å². The van der Waals surface area contributed by atoms with E-state index in [2.05, 4.69) is 4.99 Å². The molecule has 1 aromatic rings. The first-order valence-electron chi connectivity index (χ1n) is 4.92. The van der Waals surface area contributed by atoms with Crippen molar-refractivity contribution in [3.63, 3.8) is 0 Å². The number of carbonyl (C=O) groups is 1. The number of benzene rings is 1. The highest BCUT2D eigenvalue weighted by atomic mass is 16.5. The fourth-order valence-electron chi connectivity index (χ4n) is 1.44. The maximum atomic E-state index is 11.1. The van der Waals surface area contributed by atoms with Gasteiger partial charge in [0.25, 0.3) is 5.91 Å². The first-order valence-corrected chi connectivity index (χ1v) is 4.92. The van der Waals surface area contributed by atoms with Gasteiger partial charge in [0, 0.05) is 5.56 Å². The smallest absolute Gasteiger partial charge is 0.271 e. The molecule has 84 valence electrons. The first-order chi connectivity index (χ1) is 7.70. The van der Waals surface area contributed by atoms with E-state index in [0.717, 1.165) is 11.1 Å². The molecule has 1 amide bonds. The van der Waals surface area contributed by atoms with E-state index in [0.29, 0.717) is 5.90 Å². The molecule has 0 saturated carbocycles. The van der Waals surface area contributed by atoms with E-state index in [1.165, 1.54) is 0 Å². The first kappa shape index (κ1) is 10.6. The average molecular weight is 220 g/mol. The number of hydroxylamine groups is 1. The quantitative estimate of drug-likeness (QED) is 0.567. The van der Waals surface area contributed by atoms with Crippen LogP contribution in [0.25, 0.3) is 0 Å². The van der Waals surface area contributed by atoms with Crippen molar-refractivity contribution in [1.82, 2.24) is 5.48 Å². The summed E-state index contributed by atoms with van der Waals surface area (Å²) < 4.78 is 5.29. The summed E-state index contributed by atoms with van der Waals surface area (Å²) in [5.41, 5.74) is 3.54. The third kappa shape index (κ3) is 2.04. The molecule has 0 aliphatic carbocycles. The summed E-state index contributed by atoms with van der Waals surface area (Å²) in [4.78, 5) is 15.2. The van der Waals surface area contributed by atoms with Crippen molar-refractivity contribution in [3.8, 4) is 0 Å². The molecule has 2 N–H and O–H groups in total. The molecular formula is C11H12N2O3. The van der Waals surface area contributed by atoms with Crippen LogP contribution < -0.4 is 5.48 Å². The number of rotatable bonds is 2. The fourth-order valence-corrected chi connectivity index (χ4v) is 1.44. The van der Waals surface area contributed by atoms with E-state index in [1.54, 1.807) is 5.48 Å². The predicted molar refractivity (Wildman–Crippen MR) is 57.4 cm³/mol. The molecule has 0 aromatic heterocycles. The van der Waals surface area contributed by atoms with Crippen LogP contribution >= 0.6 is 0 Å². The van der Waals surface area contributed by atoms with Gasteiger partial charge in [0.2, 0.25) is 5.90 Å². The third-order valence-corrected chi connectivity index (χ3v) is 2.36. The van der Waals surface area contributed by atoms with Crippen molar-refractivity contribution < 1.29 is 14.7 Å². The molecule has 16 heavy (non-hydrogen) atoms. The van der Waals surface area contributed by atoms with Crippen molar-refractivity contribution in [2.24, 2.45) is 4.99 Å². The molecule has 0 unspecified atom stereocenters. The predicted octanol–water partition coefficient (Wildman–Crippen LogP) is 0.646. The Bertz CT molecular complexity index is 425. The summed E-state index contributed by atoms with van der Waals surface area (Å²) in [6.45, 7) is 2.15. The number of nitrogens with one attached hydrogen (secondary N) is 1. The molecule has 1 aliphatic heterocycles. The lowest BCUT2D eigenvalue weighted by molar-refractivity contribution is -0.130. The normalized spacial score (nSPS) is 18.9. The lowest BCUT2D eigenvalue weighted by Gasteiger charge is -2.01. The van der Waals surface area contributed by atoms with Crippen LogP contribution in [0.4, 0.5) is 0 Å². The molecule has 1 atom stereocenters. The van der Waals surface area contributed by atoms with E-state index >= 15 is 0 Å². The maximum Gasteiger partial charge on any atom is 0.271 e. The zero-order chi connectivity index (χ0) is 11.5. The molecule has 0 radical (unpaired) electrons. The van der Waals surface area contributed by atoms with Gasteiger partial charge < -0.3 is 4.74 Å². The van der Waals surface area contributed by atoms with Gasteiger partial charge in [-0.3, -0.25) is 10.0 Å². The maximum absolute atomic E-state index is 11.1. The van der Waals surface area contributed by atoms with Crippen LogP contribution in [0.5, 0.6) is 0 Å².